The van der Waals surface area contributed by atoms with Crippen LogP contribution in [0.25, 0.3) is 0 Å². The van der Waals surface area contributed by atoms with Crippen LogP contribution >= 0.6 is 0 Å². The van der Waals surface area contributed by atoms with E-state index in [1.165, 1.54) is 0 Å². The molecule has 158 valence electrons. The monoisotopic (exact) mass is 417 g/mol. The molecule has 0 unspecified atom stereocenters. The van der Waals surface area contributed by atoms with Crippen molar-refractivity contribution in [2.75, 3.05) is 38.6 Å². The summed E-state index contributed by atoms with van der Waals surface area (Å²) in [6.45, 7) is 1.96. The number of benzene rings is 2. The predicted molar refractivity (Wildman–Crippen MR) is 117 cm³/mol. The first-order valence-corrected chi connectivity index (χ1v) is 10.0. The number of carbonyl (C=O) groups excluding carboxylic acids is 2. The van der Waals surface area contributed by atoms with Gasteiger partial charge in [-0.3, -0.25) is 9.59 Å². The molecule has 2 aromatic carbocycles. The molecule has 4 rings (SSSR count). The summed E-state index contributed by atoms with van der Waals surface area (Å²) in [5, 5.41) is 3.10. The standard InChI is InChI=1S/C23H23N5O3/c1-31-20-8-6-17(7-9-20)21(29)27-12-14-28(15-13-27)22(30)18-4-2-5-19(16-18)26-23-24-10-3-11-25-23/h2-11,16H,12-15H2,1H3,(H,24,25,26). The van der Waals surface area contributed by atoms with E-state index in [1.54, 1.807) is 71.8 Å². The number of hydrogen-bond donors (Lipinski definition) is 1. The highest BCUT2D eigenvalue weighted by Gasteiger charge is 2.25. The number of aromatic nitrogens is 2. The quantitative estimate of drug-likeness (QED) is 0.687. The lowest BCUT2D eigenvalue weighted by atomic mass is 10.1. The van der Waals surface area contributed by atoms with Crippen molar-refractivity contribution in [3.8, 4) is 5.75 Å². The summed E-state index contributed by atoms with van der Waals surface area (Å²) in [5.41, 5.74) is 1.93. The van der Waals surface area contributed by atoms with E-state index in [4.69, 9.17) is 4.74 Å². The third kappa shape index (κ3) is 4.80. The summed E-state index contributed by atoms with van der Waals surface area (Å²) >= 11 is 0. The topological polar surface area (TPSA) is 87.7 Å². The van der Waals surface area contributed by atoms with Gasteiger partial charge in [-0.05, 0) is 48.5 Å². The maximum atomic E-state index is 13.0. The number of piperazine rings is 1. The zero-order valence-electron chi connectivity index (χ0n) is 17.2. The molecule has 2 heterocycles. The lowest BCUT2D eigenvalue weighted by molar-refractivity contribution is 0.0535. The second-order valence-corrected chi connectivity index (χ2v) is 7.09. The van der Waals surface area contributed by atoms with Crippen molar-refractivity contribution in [3.05, 3.63) is 78.1 Å². The fourth-order valence-electron chi connectivity index (χ4n) is 3.43. The van der Waals surface area contributed by atoms with Crippen LogP contribution in [0, 0.1) is 0 Å². The van der Waals surface area contributed by atoms with Gasteiger partial charge < -0.3 is 19.9 Å². The highest BCUT2D eigenvalue weighted by Crippen LogP contribution is 2.18. The highest BCUT2D eigenvalue weighted by atomic mass is 16.5. The van der Waals surface area contributed by atoms with Gasteiger partial charge in [0.25, 0.3) is 11.8 Å². The van der Waals surface area contributed by atoms with Crippen LogP contribution in [0.1, 0.15) is 20.7 Å². The van der Waals surface area contributed by atoms with Crippen molar-refractivity contribution in [2.45, 2.75) is 0 Å². The molecule has 2 amide bonds. The molecular weight excluding hydrogens is 394 g/mol. The van der Waals surface area contributed by atoms with Crippen LogP contribution in [0.4, 0.5) is 11.6 Å². The van der Waals surface area contributed by atoms with E-state index in [-0.39, 0.29) is 11.8 Å². The van der Waals surface area contributed by atoms with Crippen LogP contribution in [-0.2, 0) is 0 Å². The zero-order valence-corrected chi connectivity index (χ0v) is 17.2. The average molecular weight is 417 g/mol. The highest BCUT2D eigenvalue weighted by molar-refractivity contribution is 5.96. The minimum Gasteiger partial charge on any atom is -0.497 e. The fourth-order valence-corrected chi connectivity index (χ4v) is 3.43. The lowest BCUT2D eigenvalue weighted by Crippen LogP contribution is -2.50. The number of nitrogens with zero attached hydrogens (tertiary/aromatic N) is 4. The Labute approximate surface area is 180 Å². The Bertz CT molecular complexity index is 1050. The number of anilines is 2. The van der Waals surface area contributed by atoms with Gasteiger partial charge in [-0.25, -0.2) is 9.97 Å². The number of rotatable bonds is 5. The molecule has 1 aliphatic rings. The van der Waals surface area contributed by atoms with Gasteiger partial charge in [0.15, 0.2) is 0 Å². The van der Waals surface area contributed by atoms with Crippen molar-refractivity contribution in [1.82, 2.24) is 19.8 Å². The molecule has 0 radical (unpaired) electrons. The largest absolute Gasteiger partial charge is 0.497 e. The Morgan fingerprint density at radius 3 is 2.06 bits per heavy atom. The van der Waals surface area contributed by atoms with Gasteiger partial charge in [0.05, 0.1) is 7.11 Å². The van der Waals surface area contributed by atoms with E-state index in [0.717, 1.165) is 5.69 Å². The van der Waals surface area contributed by atoms with E-state index in [1.807, 2.05) is 12.1 Å². The maximum Gasteiger partial charge on any atom is 0.254 e. The Hall–Kier alpha value is -3.94. The van der Waals surface area contributed by atoms with Crippen molar-refractivity contribution in [1.29, 1.82) is 0 Å². The van der Waals surface area contributed by atoms with Crippen LogP contribution in [0.3, 0.4) is 0 Å². The predicted octanol–water partition coefficient (Wildman–Crippen LogP) is 2.83. The normalized spacial score (nSPS) is 13.6. The first-order chi connectivity index (χ1) is 15.1. The number of nitrogens with one attached hydrogen (secondary N) is 1. The summed E-state index contributed by atoms with van der Waals surface area (Å²) < 4.78 is 5.14. The van der Waals surface area contributed by atoms with E-state index in [9.17, 15) is 9.59 Å². The van der Waals surface area contributed by atoms with E-state index < -0.39 is 0 Å². The molecule has 0 spiro atoms. The number of methoxy groups -OCH3 is 1. The molecular formula is C23H23N5O3. The van der Waals surface area contributed by atoms with E-state index in [2.05, 4.69) is 15.3 Å². The zero-order chi connectivity index (χ0) is 21.6. The van der Waals surface area contributed by atoms with Crippen molar-refractivity contribution < 1.29 is 14.3 Å². The van der Waals surface area contributed by atoms with E-state index in [0.29, 0.717) is 49.0 Å². The molecule has 8 nitrogen and oxygen atoms in total. The first-order valence-electron chi connectivity index (χ1n) is 10.0. The number of amides is 2. The van der Waals surface area contributed by atoms with E-state index >= 15 is 0 Å². The van der Waals surface area contributed by atoms with Crippen LogP contribution in [-0.4, -0.2) is 64.9 Å². The molecule has 31 heavy (non-hydrogen) atoms. The minimum absolute atomic E-state index is 0.0381. The molecule has 1 fully saturated rings. The fraction of sp³-hybridized carbons (Fsp3) is 0.217. The molecule has 3 aromatic rings. The smallest absolute Gasteiger partial charge is 0.254 e. The molecule has 0 aliphatic carbocycles. The number of hydrogen-bond acceptors (Lipinski definition) is 6. The summed E-state index contributed by atoms with van der Waals surface area (Å²) in [4.78, 5) is 37.5. The summed E-state index contributed by atoms with van der Waals surface area (Å²) in [6.07, 6.45) is 3.30. The molecule has 1 saturated heterocycles. The molecule has 1 aliphatic heterocycles. The molecule has 1 N–H and O–H groups in total. The van der Waals surface area contributed by atoms with Crippen LogP contribution in [0.15, 0.2) is 67.0 Å². The second kappa shape index (κ2) is 9.25. The summed E-state index contributed by atoms with van der Waals surface area (Å²) in [6, 6.07) is 16.1. The summed E-state index contributed by atoms with van der Waals surface area (Å²) in [7, 11) is 1.59. The molecule has 1 aromatic heterocycles. The number of carbonyl (C=O) groups is 2. The molecule has 0 atom stereocenters. The van der Waals surface area contributed by atoms with Gasteiger partial charge >= 0.3 is 0 Å². The van der Waals surface area contributed by atoms with Crippen LogP contribution < -0.4 is 10.1 Å². The molecule has 0 saturated carbocycles. The maximum absolute atomic E-state index is 13.0. The first kappa shape index (κ1) is 20.3. The lowest BCUT2D eigenvalue weighted by Gasteiger charge is -2.35. The second-order valence-electron chi connectivity index (χ2n) is 7.09. The van der Waals surface area contributed by atoms with Crippen molar-refractivity contribution >= 4 is 23.5 Å². The number of ether oxygens (including phenoxy) is 1. The van der Waals surface area contributed by atoms with Gasteiger partial charge in [-0.2, -0.15) is 0 Å². The third-order valence-electron chi connectivity index (χ3n) is 5.12. The third-order valence-corrected chi connectivity index (χ3v) is 5.12. The van der Waals surface area contributed by atoms with Gasteiger partial charge in [0, 0.05) is 55.4 Å². The molecule has 0 bridgehead atoms. The Balaban J connectivity index is 1.36. The Morgan fingerprint density at radius 2 is 1.45 bits per heavy atom. The SMILES string of the molecule is COc1ccc(C(=O)N2CCN(C(=O)c3cccc(Nc4ncccn4)c3)CC2)cc1. The van der Waals surface area contributed by atoms with Gasteiger partial charge in [0.2, 0.25) is 5.95 Å². The van der Waals surface area contributed by atoms with Gasteiger partial charge in [0.1, 0.15) is 5.75 Å². The minimum atomic E-state index is -0.0609. The Kier molecular flexibility index (Phi) is 6.07. The molecule has 8 heteroatoms. The Morgan fingerprint density at radius 1 is 0.839 bits per heavy atom. The summed E-state index contributed by atoms with van der Waals surface area (Å²) in [5.74, 6) is 1.08. The van der Waals surface area contributed by atoms with Gasteiger partial charge in [-0.1, -0.05) is 6.07 Å². The van der Waals surface area contributed by atoms with Crippen molar-refractivity contribution in [3.63, 3.8) is 0 Å². The van der Waals surface area contributed by atoms with Gasteiger partial charge in [-0.15, -0.1) is 0 Å². The van der Waals surface area contributed by atoms with Crippen LogP contribution in [0.5, 0.6) is 5.75 Å². The van der Waals surface area contributed by atoms with Crippen LogP contribution in [0.2, 0.25) is 0 Å². The average Bonchev–Trinajstić information content (AvgIpc) is 2.84. The van der Waals surface area contributed by atoms with Crippen molar-refractivity contribution in [2.24, 2.45) is 0 Å².